The van der Waals surface area contributed by atoms with Crippen LogP contribution in [0.25, 0.3) is 11.0 Å². The molecule has 3 N–H and O–H groups in total. The van der Waals surface area contributed by atoms with E-state index in [4.69, 9.17) is 20.6 Å². The molecule has 0 aliphatic rings. The lowest BCUT2D eigenvalue weighted by Crippen LogP contribution is -2.06. The van der Waals surface area contributed by atoms with E-state index in [1.54, 1.807) is 0 Å². The quantitative estimate of drug-likeness (QED) is 0.392. The summed E-state index contributed by atoms with van der Waals surface area (Å²) in [7, 11) is 0. The van der Waals surface area contributed by atoms with Gasteiger partial charge in [-0.25, -0.2) is 9.97 Å². The zero-order valence-corrected chi connectivity index (χ0v) is 17.6. The highest BCUT2D eigenvalue weighted by atomic mass is 16.5. The van der Waals surface area contributed by atoms with E-state index in [0.717, 1.165) is 66.5 Å². The van der Waals surface area contributed by atoms with Gasteiger partial charge in [-0.2, -0.15) is 0 Å². The van der Waals surface area contributed by atoms with Crippen LogP contribution in [0.3, 0.4) is 0 Å². The zero-order valence-electron chi connectivity index (χ0n) is 17.6. The van der Waals surface area contributed by atoms with E-state index in [9.17, 15) is 0 Å². The number of nitrogens with two attached hydrogens (primary N) is 1. The van der Waals surface area contributed by atoms with Crippen LogP contribution in [0.1, 0.15) is 56.0 Å². The van der Waals surface area contributed by atoms with E-state index < -0.39 is 0 Å². The van der Waals surface area contributed by atoms with Crippen LogP contribution in [0.2, 0.25) is 0 Å². The third-order valence-electron chi connectivity index (χ3n) is 4.81. The van der Waals surface area contributed by atoms with E-state index >= 15 is 0 Å². The Morgan fingerprint density at radius 2 is 1.97 bits per heavy atom. The highest BCUT2D eigenvalue weighted by Gasteiger charge is 2.15. The van der Waals surface area contributed by atoms with E-state index in [2.05, 4.69) is 23.7 Å². The molecule has 0 bridgehead atoms. The number of aliphatic hydroxyl groups excluding tert-OH is 1. The SMILES string of the molecule is CCCCc1nc(N)c2c(n1)c(C#CCCCCO)cn2COCc1ccccc1. The molecular weight excluding hydrogens is 376 g/mol. The maximum absolute atomic E-state index is 8.93. The van der Waals surface area contributed by atoms with Crippen molar-refractivity contribution in [1.29, 1.82) is 0 Å². The van der Waals surface area contributed by atoms with Crippen LogP contribution >= 0.6 is 0 Å². The number of hydrogen-bond donors (Lipinski definition) is 2. The molecule has 6 heteroatoms. The van der Waals surface area contributed by atoms with Gasteiger partial charge in [-0.15, -0.1) is 0 Å². The van der Waals surface area contributed by atoms with E-state index in [1.165, 1.54) is 0 Å². The molecule has 0 atom stereocenters. The van der Waals surface area contributed by atoms with Gasteiger partial charge in [-0.1, -0.05) is 55.5 Å². The Morgan fingerprint density at radius 1 is 1.13 bits per heavy atom. The molecule has 2 aromatic heterocycles. The topological polar surface area (TPSA) is 86.2 Å². The van der Waals surface area contributed by atoms with E-state index in [-0.39, 0.29) is 6.61 Å². The number of fused-ring (bicyclic) bond motifs is 1. The number of ether oxygens (including phenoxy) is 1. The van der Waals surface area contributed by atoms with Gasteiger partial charge >= 0.3 is 0 Å². The molecule has 30 heavy (non-hydrogen) atoms. The molecule has 6 nitrogen and oxygen atoms in total. The van der Waals surface area contributed by atoms with Crippen molar-refractivity contribution in [2.45, 2.75) is 58.8 Å². The Labute approximate surface area is 178 Å². The van der Waals surface area contributed by atoms with Crippen LogP contribution in [0.15, 0.2) is 36.5 Å². The summed E-state index contributed by atoms with van der Waals surface area (Å²) in [5, 5.41) is 8.93. The van der Waals surface area contributed by atoms with Crippen molar-refractivity contribution in [2.24, 2.45) is 0 Å². The highest BCUT2D eigenvalue weighted by Crippen LogP contribution is 2.24. The number of unbranched alkanes of at least 4 members (excludes halogenated alkanes) is 3. The van der Waals surface area contributed by atoms with Crippen molar-refractivity contribution in [3.8, 4) is 11.8 Å². The van der Waals surface area contributed by atoms with Crippen molar-refractivity contribution in [2.75, 3.05) is 12.3 Å². The molecule has 0 unspecified atom stereocenters. The molecule has 0 aliphatic heterocycles. The predicted molar refractivity (Wildman–Crippen MR) is 120 cm³/mol. The van der Waals surface area contributed by atoms with Crippen molar-refractivity contribution in [1.82, 2.24) is 14.5 Å². The minimum atomic E-state index is 0.199. The van der Waals surface area contributed by atoms with Crippen LogP contribution in [-0.4, -0.2) is 26.2 Å². The number of benzene rings is 1. The summed E-state index contributed by atoms with van der Waals surface area (Å²) < 4.78 is 7.85. The van der Waals surface area contributed by atoms with Crippen LogP contribution in [0.4, 0.5) is 5.82 Å². The fraction of sp³-hybridized carbons (Fsp3) is 0.417. The lowest BCUT2D eigenvalue weighted by Gasteiger charge is -2.09. The summed E-state index contributed by atoms with van der Waals surface area (Å²) in [6.07, 6.45) is 7.22. The fourth-order valence-corrected chi connectivity index (χ4v) is 3.23. The van der Waals surface area contributed by atoms with Gasteiger partial charge < -0.3 is 20.1 Å². The molecule has 0 saturated heterocycles. The second kappa shape index (κ2) is 11.3. The van der Waals surface area contributed by atoms with Gasteiger partial charge in [0.2, 0.25) is 0 Å². The number of aliphatic hydroxyl groups is 1. The first kappa shape index (κ1) is 21.8. The summed E-state index contributed by atoms with van der Waals surface area (Å²) in [4.78, 5) is 9.28. The second-order valence-electron chi connectivity index (χ2n) is 7.28. The zero-order chi connectivity index (χ0) is 21.2. The molecule has 0 amide bonds. The Balaban J connectivity index is 1.85. The number of nitrogens with zero attached hydrogens (tertiary/aromatic N) is 3. The number of hydrogen-bond acceptors (Lipinski definition) is 5. The lowest BCUT2D eigenvalue weighted by molar-refractivity contribution is 0.0668. The second-order valence-corrected chi connectivity index (χ2v) is 7.28. The van der Waals surface area contributed by atoms with Crippen LogP contribution in [0.5, 0.6) is 0 Å². The number of rotatable bonds is 10. The Morgan fingerprint density at radius 3 is 2.73 bits per heavy atom. The van der Waals surface area contributed by atoms with Gasteiger partial charge in [0.05, 0.1) is 12.2 Å². The van der Waals surface area contributed by atoms with Crippen molar-refractivity contribution >= 4 is 16.9 Å². The third-order valence-corrected chi connectivity index (χ3v) is 4.81. The molecular formula is C24H30N4O2. The highest BCUT2D eigenvalue weighted by molar-refractivity contribution is 5.90. The molecule has 0 spiro atoms. The number of aromatic nitrogens is 3. The average Bonchev–Trinajstić information content (AvgIpc) is 3.11. The monoisotopic (exact) mass is 406 g/mol. The minimum absolute atomic E-state index is 0.199. The number of anilines is 1. The minimum Gasteiger partial charge on any atom is -0.396 e. The summed E-state index contributed by atoms with van der Waals surface area (Å²) in [5.41, 5.74) is 9.82. The van der Waals surface area contributed by atoms with Gasteiger partial charge in [-0.05, 0) is 24.8 Å². The smallest absolute Gasteiger partial charge is 0.151 e. The lowest BCUT2D eigenvalue weighted by atomic mass is 10.2. The summed E-state index contributed by atoms with van der Waals surface area (Å²) in [6.45, 7) is 3.20. The van der Waals surface area contributed by atoms with Gasteiger partial charge in [-0.3, -0.25) is 0 Å². The molecule has 0 radical (unpaired) electrons. The maximum Gasteiger partial charge on any atom is 0.151 e. The molecule has 3 rings (SSSR count). The maximum atomic E-state index is 8.93. The molecule has 0 aliphatic carbocycles. The van der Waals surface area contributed by atoms with Gasteiger partial charge in [0.15, 0.2) is 5.82 Å². The fourth-order valence-electron chi connectivity index (χ4n) is 3.23. The standard InChI is InChI=1S/C24H30N4O2/c1-2-3-14-21-26-22-20(13-9-4-5-10-15-29)16-28(23(22)24(25)27-21)18-30-17-19-11-7-6-8-12-19/h6-8,11-12,16,29H,2-5,10,14-15,17-18H2,1H3,(H2,25,26,27). The number of aryl methyl sites for hydroxylation is 1. The first-order valence-corrected chi connectivity index (χ1v) is 10.6. The third kappa shape index (κ3) is 5.82. The molecule has 3 aromatic rings. The summed E-state index contributed by atoms with van der Waals surface area (Å²) >= 11 is 0. The molecule has 0 saturated carbocycles. The van der Waals surface area contributed by atoms with Gasteiger partial charge in [0.25, 0.3) is 0 Å². The molecule has 2 heterocycles. The summed E-state index contributed by atoms with van der Waals surface area (Å²) in [5.74, 6) is 7.64. The summed E-state index contributed by atoms with van der Waals surface area (Å²) in [6, 6.07) is 10.1. The van der Waals surface area contributed by atoms with Crippen molar-refractivity contribution < 1.29 is 9.84 Å². The van der Waals surface area contributed by atoms with Crippen molar-refractivity contribution in [3.05, 3.63) is 53.5 Å². The van der Waals surface area contributed by atoms with E-state index in [0.29, 0.717) is 19.2 Å². The van der Waals surface area contributed by atoms with Crippen LogP contribution in [-0.2, 0) is 24.5 Å². The molecule has 0 fully saturated rings. The Hall–Kier alpha value is -2.88. The van der Waals surface area contributed by atoms with Crippen LogP contribution in [0, 0.1) is 11.8 Å². The largest absolute Gasteiger partial charge is 0.396 e. The average molecular weight is 407 g/mol. The molecule has 158 valence electrons. The van der Waals surface area contributed by atoms with E-state index in [1.807, 2.05) is 41.1 Å². The number of nitrogen functional groups attached to an aromatic ring is 1. The molecule has 1 aromatic carbocycles. The Kier molecular flexibility index (Phi) is 8.25. The van der Waals surface area contributed by atoms with Crippen molar-refractivity contribution in [3.63, 3.8) is 0 Å². The van der Waals surface area contributed by atoms with Gasteiger partial charge in [0.1, 0.15) is 23.6 Å². The Bertz CT molecular complexity index is 1000. The first-order chi connectivity index (χ1) is 14.7. The van der Waals surface area contributed by atoms with Gasteiger partial charge in [0, 0.05) is 25.6 Å². The predicted octanol–water partition coefficient (Wildman–Crippen LogP) is 4.04. The normalized spacial score (nSPS) is 10.9. The van der Waals surface area contributed by atoms with Crippen LogP contribution < -0.4 is 5.73 Å². The first-order valence-electron chi connectivity index (χ1n) is 10.6.